The molecule has 162 valence electrons. The molecule has 4 rings (SSSR count). The Balaban J connectivity index is 1.70. The first-order chi connectivity index (χ1) is 15.2. The monoisotopic (exact) mass is 441 g/mol. The van der Waals surface area contributed by atoms with Gasteiger partial charge in [-0.15, -0.1) is 11.3 Å². The van der Waals surface area contributed by atoms with Crippen molar-refractivity contribution in [3.05, 3.63) is 87.6 Å². The zero-order valence-electron chi connectivity index (χ0n) is 19.1. The number of hydrogen-bond acceptors (Lipinski definition) is 4. The van der Waals surface area contributed by atoms with Gasteiger partial charge in [0, 0.05) is 15.8 Å². The van der Waals surface area contributed by atoms with E-state index < -0.39 is 0 Å². The minimum absolute atomic E-state index is 0.0807. The van der Waals surface area contributed by atoms with Crippen LogP contribution in [0.15, 0.2) is 71.8 Å². The summed E-state index contributed by atoms with van der Waals surface area (Å²) in [4.78, 5) is 20.2. The van der Waals surface area contributed by atoms with Crippen LogP contribution in [0.1, 0.15) is 53.4 Å². The molecule has 4 nitrogen and oxygen atoms in total. The zero-order chi connectivity index (χ0) is 22.9. The SMILES string of the molecule is CC(=NNC(=O)c1cc(-c2ccc(C(C)(C)C)cc2)nc2ccccc12)c1ccc(C)s1. The van der Waals surface area contributed by atoms with Crippen molar-refractivity contribution in [1.29, 1.82) is 0 Å². The van der Waals surface area contributed by atoms with Crippen LogP contribution in [0.5, 0.6) is 0 Å². The number of aromatic nitrogens is 1. The number of pyridine rings is 1. The maximum absolute atomic E-state index is 13.1. The van der Waals surface area contributed by atoms with Gasteiger partial charge in [0.15, 0.2) is 0 Å². The molecule has 32 heavy (non-hydrogen) atoms. The number of fused-ring (bicyclic) bond motifs is 1. The van der Waals surface area contributed by atoms with Gasteiger partial charge in [-0.25, -0.2) is 10.4 Å². The van der Waals surface area contributed by atoms with Gasteiger partial charge in [0.1, 0.15) is 0 Å². The molecule has 0 aliphatic carbocycles. The Morgan fingerprint density at radius 1 is 1.00 bits per heavy atom. The van der Waals surface area contributed by atoms with E-state index in [1.54, 1.807) is 11.3 Å². The highest BCUT2D eigenvalue weighted by Crippen LogP contribution is 2.28. The quantitative estimate of drug-likeness (QED) is 0.282. The van der Waals surface area contributed by atoms with E-state index >= 15 is 0 Å². The van der Waals surface area contributed by atoms with Gasteiger partial charge < -0.3 is 0 Å². The Kier molecular flexibility index (Phi) is 5.94. The molecule has 0 atom stereocenters. The van der Waals surface area contributed by atoms with Crippen LogP contribution in [-0.4, -0.2) is 16.6 Å². The van der Waals surface area contributed by atoms with E-state index in [1.165, 1.54) is 10.4 Å². The maximum atomic E-state index is 13.1. The van der Waals surface area contributed by atoms with E-state index in [0.717, 1.165) is 32.7 Å². The molecule has 0 saturated heterocycles. The van der Waals surface area contributed by atoms with E-state index in [2.05, 4.69) is 68.6 Å². The summed E-state index contributed by atoms with van der Waals surface area (Å²) in [6.45, 7) is 10.5. The zero-order valence-corrected chi connectivity index (χ0v) is 19.9. The number of nitrogens with zero attached hydrogens (tertiary/aromatic N) is 2. The highest BCUT2D eigenvalue weighted by Gasteiger charge is 2.16. The summed E-state index contributed by atoms with van der Waals surface area (Å²) in [5.41, 5.74) is 7.95. The fourth-order valence-corrected chi connectivity index (χ4v) is 4.34. The Morgan fingerprint density at radius 3 is 2.38 bits per heavy atom. The van der Waals surface area contributed by atoms with Gasteiger partial charge in [0.2, 0.25) is 0 Å². The predicted octanol–water partition coefficient (Wildman–Crippen LogP) is 6.72. The summed E-state index contributed by atoms with van der Waals surface area (Å²) in [6, 6.07) is 22.0. The lowest BCUT2D eigenvalue weighted by Crippen LogP contribution is -2.19. The Bertz CT molecular complexity index is 1310. The molecular formula is C27H27N3OS. The number of carbonyl (C=O) groups is 1. The first-order valence-corrected chi connectivity index (χ1v) is 11.5. The standard InChI is InChI=1S/C27H27N3OS/c1-17-10-15-25(32-17)18(2)29-30-26(31)22-16-24(28-23-9-7-6-8-21(22)23)19-11-13-20(14-12-19)27(3,4)5/h6-16H,1-5H3,(H,30,31). The lowest BCUT2D eigenvalue weighted by molar-refractivity contribution is 0.0956. The minimum atomic E-state index is -0.246. The molecule has 2 aromatic carbocycles. The number of rotatable bonds is 4. The van der Waals surface area contributed by atoms with Crippen LogP contribution < -0.4 is 5.43 Å². The van der Waals surface area contributed by atoms with Gasteiger partial charge in [-0.1, -0.05) is 63.2 Å². The molecule has 0 aliphatic rings. The molecule has 2 aromatic heterocycles. The van der Waals surface area contributed by atoms with Gasteiger partial charge in [0.05, 0.1) is 27.4 Å². The number of para-hydroxylation sites is 1. The lowest BCUT2D eigenvalue weighted by atomic mass is 9.86. The average molecular weight is 442 g/mol. The molecular weight excluding hydrogens is 414 g/mol. The van der Waals surface area contributed by atoms with Gasteiger partial charge in [-0.3, -0.25) is 4.79 Å². The van der Waals surface area contributed by atoms with Crippen LogP contribution in [0, 0.1) is 6.92 Å². The second kappa shape index (κ2) is 8.67. The summed E-state index contributed by atoms with van der Waals surface area (Å²) in [7, 11) is 0. The fourth-order valence-electron chi connectivity index (χ4n) is 3.53. The van der Waals surface area contributed by atoms with Crippen molar-refractivity contribution in [3.8, 4) is 11.3 Å². The molecule has 1 amide bonds. The molecule has 0 unspecified atom stereocenters. The minimum Gasteiger partial charge on any atom is -0.267 e. The van der Waals surface area contributed by atoms with E-state index in [4.69, 9.17) is 4.98 Å². The van der Waals surface area contributed by atoms with Crippen molar-refractivity contribution in [2.45, 2.75) is 40.0 Å². The molecule has 1 N–H and O–H groups in total. The normalized spacial score (nSPS) is 12.2. The second-order valence-corrected chi connectivity index (χ2v) is 10.2. The van der Waals surface area contributed by atoms with Crippen LogP contribution in [0.25, 0.3) is 22.2 Å². The Labute approximate surface area is 193 Å². The van der Waals surface area contributed by atoms with Crippen LogP contribution in [-0.2, 0) is 5.41 Å². The molecule has 0 saturated carbocycles. The van der Waals surface area contributed by atoms with Gasteiger partial charge >= 0.3 is 0 Å². The summed E-state index contributed by atoms with van der Waals surface area (Å²) >= 11 is 1.66. The number of hydrazone groups is 1. The number of nitrogens with one attached hydrogen (secondary N) is 1. The van der Waals surface area contributed by atoms with Crippen molar-refractivity contribution in [1.82, 2.24) is 10.4 Å². The molecule has 0 fully saturated rings. The number of hydrogen-bond donors (Lipinski definition) is 1. The van der Waals surface area contributed by atoms with Gasteiger partial charge in [-0.2, -0.15) is 5.10 Å². The topological polar surface area (TPSA) is 54.4 Å². The van der Waals surface area contributed by atoms with E-state index in [9.17, 15) is 4.79 Å². The highest BCUT2D eigenvalue weighted by molar-refractivity contribution is 7.14. The second-order valence-electron chi connectivity index (χ2n) is 8.95. The molecule has 4 aromatic rings. The number of benzene rings is 2. The highest BCUT2D eigenvalue weighted by atomic mass is 32.1. The van der Waals surface area contributed by atoms with E-state index in [-0.39, 0.29) is 11.3 Å². The third-order valence-electron chi connectivity index (χ3n) is 5.43. The predicted molar refractivity (Wildman–Crippen MR) is 135 cm³/mol. The van der Waals surface area contributed by atoms with E-state index in [0.29, 0.717) is 5.56 Å². The van der Waals surface area contributed by atoms with Crippen molar-refractivity contribution < 1.29 is 4.79 Å². The van der Waals surface area contributed by atoms with Gasteiger partial charge in [-0.05, 0) is 49.1 Å². The molecule has 0 radical (unpaired) electrons. The Hall–Kier alpha value is -3.31. The smallest absolute Gasteiger partial charge is 0.267 e. The first-order valence-electron chi connectivity index (χ1n) is 10.6. The molecule has 0 aliphatic heterocycles. The molecule has 5 heteroatoms. The van der Waals surface area contributed by atoms with Crippen LogP contribution in [0.3, 0.4) is 0 Å². The molecule has 0 spiro atoms. The number of amides is 1. The molecule has 2 heterocycles. The summed E-state index contributed by atoms with van der Waals surface area (Å²) < 4.78 is 0. The fraction of sp³-hybridized carbons (Fsp3) is 0.222. The summed E-state index contributed by atoms with van der Waals surface area (Å²) in [6.07, 6.45) is 0. The summed E-state index contributed by atoms with van der Waals surface area (Å²) in [5, 5.41) is 5.14. The third-order valence-corrected chi connectivity index (χ3v) is 6.54. The van der Waals surface area contributed by atoms with Crippen LogP contribution >= 0.6 is 11.3 Å². The largest absolute Gasteiger partial charge is 0.272 e. The van der Waals surface area contributed by atoms with Crippen LogP contribution in [0.2, 0.25) is 0 Å². The van der Waals surface area contributed by atoms with Crippen LogP contribution in [0.4, 0.5) is 0 Å². The number of thiophene rings is 1. The molecule has 0 bridgehead atoms. The third kappa shape index (κ3) is 4.63. The van der Waals surface area contributed by atoms with Crippen molar-refractivity contribution in [2.24, 2.45) is 5.10 Å². The van der Waals surface area contributed by atoms with Crippen molar-refractivity contribution >= 4 is 33.9 Å². The maximum Gasteiger partial charge on any atom is 0.272 e. The summed E-state index contributed by atoms with van der Waals surface area (Å²) in [5.74, 6) is -0.246. The van der Waals surface area contributed by atoms with Crippen molar-refractivity contribution in [2.75, 3.05) is 0 Å². The number of aryl methyl sites for hydroxylation is 1. The van der Waals surface area contributed by atoms with E-state index in [1.807, 2.05) is 43.3 Å². The van der Waals surface area contributed by atoms with Crippen molar-refractivity contribution in [3.63, 3.8) is 0 Å². The Morgan fingerprint density at radius 2 is 1.72 bits per heavy atom. The number of carbonyl (C=O) groups excluding carboxylic acids is 1. The first kappa shape index (κ1) is 21.9. The van der Waals surface area contributed by atoms with Gasteiger partial charge in [0.25, 0.3) is 5.91 Å². The lowest BCUT2D eigenvalue weighted by Gasteiger charge is -2.19. The average Bonchev–Trinajstić information content (AvgIpc) is 3.22.